The monoisotopic (exact) mass is 871 g/mol. The van der Waals surface area contributed by atoms with Crippen LogP contribution in [0, 0.1) is 17.2 Å². The fraction of sp³-hybridized carbons (Fsp3) is 0.441. The third-order valence-corrected chi connectivity index (χ3v) is 11.8. The van der Waals surface area contributed by atoms with Crippen molar-refractivity contribution >= 4 is 62.3 Å². The topological polar surface area (TPSA) is 291 Å². The number of nitriles is 1. The number of H-pyrrole nitrogens is 1. The normalized spacial score (nSPS) is 28.4. The van der Waals surface area contributed by atoms with Crippen molar-refractivity contribution in [2.45, 2.75) is 69.7 Å². The number of anilines is 2. The van der Waals surface area contributed by atoms with E-state index < -0.39 is 103 Å². The molecule has 3 aliphatic rings. The summed E-state index contributed by atoms with van der Waals surface area (Å²) in [5, 5.41) is 14.4. The van der Waals surface area contributed by atoms with E-state index in [9.17, 15) is 29.1 Å². The second-order valence-electron chi connectivity index (χ2n) is 13.9. The molecule has 3 fully saturated rings. The minimum absolute atomic E-state index is 0.0165. The number of nitrogens with zero attached hydrogens (tertiary/aromatic N) is 8. The Hall–Kier alpha value is -5.18. The summed E-state index contributed by atoms with van der Waals surface area (Å²) in [7, 11) is -7.54. The van der Waals surface area contributed by atoms with Gasteiger partial charge >= 0.3 is 16.4 Å². The Labute approximate surface area is 339 Å². The number of benzene rings is 1. The Bertz CT molecular complexity index is 2540. The van der Waals surface area contributed by atoms with Crippen LogP contribution in [0.1, 0.15) is 49.5 Å². The van der Waals surface area contributed by atoms with Gasteiger partial charge in [0.1, 0.15) is 24.6 Å². The molecule has 23 nitrogen and oxygen atoms in total. The number of halogens is 1. The first-order chi connectivity index (χ1) is 28.9. The minimum atomic E-state index is -4.80. The van der Waals surface area contributed by atoms with Gasteiger partial charge < -0.3 is 28.7 Å². The molecule has 3 aliphatic heterocycles. The number of rotatable bonds is 9. The van der Waals surface area contributed by atoms with Gasteiger partial charge in [0.2, 0.25) is 11.9 Å². The van der Waals surface area contributed by atoms with Crippen LogP contribution >= 0.6 is 16.4 Å². The highest BCUT2D eigenvalue weighted by atomic mass is 31.2. The number of hydrogen-bond donors (Lipinski definition) is 4. The van der Waals surface area contributed by atoms with Crippen LogP contribution < -0.4 is 16.2 Å². The summed E-state index contributed by atoms with van der Waals surface area (Å²) < 4.78 is 74.5. The maximum Gasteiger partial charge on any atom is 0.475 e. The van der Waals surface area contributed by atoms with Crippen LogP contribution in [0.15, 0.2) is 54.1 Å². The van der Waals surface area contributed by atoms with E-state index in [4.69, 9.17) is 32.1 Å². The standard InChI is InChI=1S/C34H36FN11O12P2/c1-17(2)29(47)43-34-42-28-24(31(49)44-34)40-16-46(28)33-25-22(35)21(56-33)13-52-59(50)57-20-11-19(12-54-60(51,58-25)53-10-6-9-36)55-32(20)45-15-39-23-26(37-14-38-27(23)45)41-30(48)18-7-4-3-5-8-18/h3-5,7-8,14-17,19-22,25,32-33,50H,6,10-13H2,1-2H3,(H,37,38,41,48)(H2,42,43,44,47,49)/t19-,20+,21+,22+,25+,32+,33+,59?,60?/m0/s1. The lowest BCUT2D eigenvalue weighted by Gasteiger charge is -2.26. The number of imidazole rings is 2. The molecule has 0 radical (unpaired) electrons. The number of nitrogens with one attached hydrogen (secondary N) is 3. The lowest BCUT2D eigenvalue weighted by molar-refractivity contribution is -0.118. The Kier molecular flexibility index (Phi) is 12.1. The zero-order valence-corrected chi connectivity index (χ0v) is 33.4. The van der Waals surface area contributed by atoms with E-state index in [1.54, 1.807) is 44.2 Å². The average molecular weight is 872 g/mol. The zero-order valence-electron chi connectivity index (χ0n) is 31.6. The van der Waals surface area contributed by atoms with Gasteiger partial charge in [-0.1, -0.05) is 32.0 Å². The van der Waals surface area contributed by atoms with Crippen molar-refractivity contribution in [2.24, 2.45) is 5.92 Å². The van der Waals surface area contributed by atoms with Crippen molar-refractivity contribution in [1.82, 2.24) is 39.0 Å². The fourth-order valence-corrected chi connectivity index (χ4v) is 8.70. The highest BCUT2D eigenvalue weighted by Crippen LogP contribution is 2.56. The summed E-state index contributed by atoms with van der Waals surface area (Å²) in [6.45, 7) is 1.72. The molecule has 60 heavy (non-hydrogen) atoms. The maximum absolute atomic E-state index is 16.5. The van der Waals surface area contributed by atoms with E-state index in [1.165, 1.54) is 17.2 Å². The number of aromatic nitrogens is 8. The summed E-state index contributed by atoms with van der Waals surface area (Å²) in [5.41, 5.74) is -0.280. The summed E-state index contributed by atoms with van der Waals surface area (Å²) in [4.78, 5) is 73.1. The fourth-order valence-electron chi connectivity index (χ4n) is 6.57. The molecule has 2 unspecified atom stereocenters. The van der Waals surface area contributed by atoms with Gasteiger partial charge in [-0.2, -0.15) is 10.2 Å². The molecule has 5 aromatic rings. The molecule has 7 heterocycles. The molecule has 2 amide bonds. The van der Waals surface area contributed by atoms with Crippen LogP contribution in [-0.2, 0) is 41.5 Å². The largest absolute Gasteiger partial charge is 0.475 e. The van der Waals surface area contributed by atoms with Crippen molar-refractivity contribution in [3.05, 3.63) is 65.2 Å². The molecule has 4 N–H and O–H groups in total. The average Bonchev–Trinajstić information content (AvgIpc) is 4.02. The number of carbonyl (C=O) groups is 2. The summed E-state index contributed by atoms with van der Waals surface area (Å²) >= 11 is 0. The Balaban J connectivity index is 1.08. The van der Waals surface area contributed by atoms with E-state index in [-0.39, 0.29) is 46.9 Å². The van der Waals surface area contributed by atoms with Gasteiger partial charge in [0.05, 0.1) is 51.1 Å². The third kappa shape index (κ3) is 8.55. The van der Waals surface area contributed by atoms with Crippen molar-refractivity contribution in [1.29, 1.82) is 5.26 Å². The molecule has 316 valence electrons. The highest BCUT2D eigenvalue weighted by Gasteiger charge is 2.53. The van der Waals surface area contributed by atoms with E-state index in [1.807, 2.05) is 6.07 Å². The number of phosphoric ester groups is 1. The summed E-state index contributed by atoms with van der Waals surface area (Å²) in [5.74, 6) is -1.47. The predicted molar refractivity (Wildman–Crippen MR) is 203 cm³/mol. The lowest BCUT2D eigenvalue weighted by atomic mass is 10.1. The number of amides is 2. The maximum atomic E-state index is 16.5. The van der Waals surface area contributed by atoms with Crippen molar-refractivity contribution in [3.63, 3.8) is 0 Å². The first kappa shape index (κ1) is 41.5. The number of phosphoric acid groups is 1. The highest BCUT2D eigenvalue weighted by molar-refractivity contribution is 7.48. The van der Waals surface area contributed by atoms with Crippen molar-refractivity contribution in [2.75, 3.05) is 30.5 Å². The number of ether oxygens (including phenoxy) is 2. The quantitative estimate of drug-likeness (QED) is 0.122. The number of fused-ring (bicyclic) bond motifs is 6. The van der Waals surface area contributed by atoms with E-state index in [0.717, 1.165) is 10.9 Å². The molecule has 4 bridgehead atoms. The second kappa shape index (κ2) is 17.4. The molecule has 0 saturated carbocycles. The Morgan fingerprint density at radius 3 is 2.60 bits per heavy atom. The molecule has 4 aromatic heterocycles. The molecule has 26 heteroatoms. The number of hydrogen-bond acceptors (Lipinski definition) is 18. The van der Waals surface area contributed by atoms with Gasteiger partial charge in [0.15, 0.2) is 46.8 Å². The molecule has 0 aliphatic carbocycles. The minimum Gasteiger partial charge on any atom is -0.349 e. The molecule has 8 rings (SSSR count). The Morgan fingerprint density at radius 2 is 1.83 bits per heavy atom. The van der Waals surface area contributed by atoms with Crippen LogP contribution in [0.4, 0.5) is 16.2 Å². The van der Waals surface area contributed by atoms with Gasteiger partial charge in [0.25, 0.3) is 11.5 Å². The SMILES string of the molecule is CC(C)C(=O)Nc1nc2c(ncn2[C@@H]2O[C@@H]3COP(O)O[C@@H]4C[C@@H](COP(=O)(OCCC#N)O[C@@H]2[C@@H]3F)O[C@H]4n2cnc3c(NC(=O)c4ccccc4)ncnc32)c(=O)[nH]1. The lowest BCUT2D eigenvalue weighted by Crippen LogP contribution is -2.33. The predicted octanol–water partition coefficient (Wildman–Crippen LogP) is 3.40. The smallest absolute Gasteiger partial charge is 0.349 e. The third-order valence-electron chi connectivity index (χ3n) is 9.49. The molecule has 3 saturated heterocycles. The molecular weight excluding hydrogens is 835 g/mol. The van der Waals surface area contributed by atoms with Crippen LogP contribution in [0.2, 0.25) is 0 Å². The summed E-state index contributed by atoms with van der Waals surface area (Å²) in [6, 6.07) is 10.3. The van der Waals surface area contributed by atoms with E-state index in [2.05, 4.69) is 40.5 Å². The molecule has 1 aromatic carbocycles. The van der Waals surface area contributed by atoms with Crippen molar-refractivity contribution < 1.29 is 55.5 Å². The van der Waals surface area contributed by atoms with Crippen LogP contribution in [0.25, 0.3) is 22.3 Å². The number of aromatic amines is 1. The molecule has 0 spiro atoms. The van der Waals surface area contributed by atoms with E-state index >= 15 is 4.39 Å². The first-order valence-corrected chi connectivity index (χ1v) is 21.0. The molecule has 9 atom stereocenters. The summed E-state index contributed by atoms with van der Waals surface area (Å²) in [6.07, 6.45) is -6.52. The van der Waals surface area contributed by atoms with Crippen LogP contribution in [0.3, 0.4) is 0 Å². The van der Waals surface area contributed by atoms with Gasteiger partial charge in [0, 0.05) is 17.9 Å². The van der Waals surface area contributed by atoms with Crippen molar-refractivity contribution in [3.8, 4) is 6.07 Å². The van der Waals surface area contributed by atoms with Crippen LogP contribution in [-0.4, -0.2) is 106 Å². The van der Waals surface area contributed by atoms with Gasteiger partial charge in [-0.05, 0) is 12.1 Å². The second-order valence-corrected chi connectivity index (χ2v) is 16.4. The number of alkyl halides is 1. The van der Waals surface area contributed by atoms with Gasteiger partial charge in [-0.3, -0.25) is 47.4 Å². The first-order valence-electron chi connectivity index (χ1n) is 18.4. The Morgan fingerprint density at radius 1 is 1.07 bits per heavy atom. The van der Waals surface area contributed by atoms with Crippen LogP contribution in [0.5, 0.6) is 0 Å². The number of carbonyl (C=O) groups excluding carboxylic acids is 2. The molecular formula is C34H36FN11O12P2. The van der Waals surface area contributed by atoms with E-state index in [0.29, 0.717) is 5.56 Å². The zero-order chi connectivity index (χ0) is 42.1. The van der Waals surface area contributed by atoms with Gasteiger partial charge in [-0.25, -0.2) is 28.9 Å². The van der Waals surface area contributed by atoms with Gasteiger partial charge in [-0.15, -0.1) is 0 Å².